The molecule has 35 heavy (non-hydrogen) atoms. The minimum absolute atomic E-state index is 0.0612. The lowest BCUT2D eigenvalue weighted by Gasteiger charge is -2.30. The van der Waals surface area contributed by atoms with Gasteiger partial charge in [-0.05, 0) is 65.4 Å². The zero-order valence-electron chi connectivity index (χ0n) is 20.0. The van der Waals surface area contributed by atoms with Gasteiger partial charge in [-0.25, -0.2) is 4.68 Å². The van der Waals surface area contributed by atoms with Crippen molar-refractivity contribution in [2.45, 2.75) is 58.0 Å². The zero-order valence-corrected chi connectivity index (χ0v) is 20.8. The van der Waals surface area contributed by atoms with Crippen LogP contribution in [0, 0.1) is 0 Å². The first kappa shape index (κ1) is 23.7. The van der Waals surface area contributed by atoms with Crippen LogP contribution in [-0.2, 0) is 24.4 Å². The number of nitrogens with one attached hydrogen (secondary N) is 1. The largest absolute Gasteiger partial charge is 0.497 e. The molecular formula is C25H30N6O3S. The van der Waals surface area contributed by atoms with E-state index in [4.69, 9.17) is 9.47 Å². The summed E-state index contributed by atoms with van der Waals surface area (Å²) in [5.74, 6) is 1.56. The molecule has 0 amide bonds. The highest BCUT2D eigenvalue weighted by molar-refractivity contribution is 7.09. The smallest absolute Gasteiger partial charge is 0.252 e. The van der Waals surface area contributed by atoms with Crippen molar-refractivity contribution in [1.82, 2.24) is 30.1 Å². The maximum absolute atomic E-state index is 13.0. The molecule has 10 heteroatoms. The molecule has 0 saturated carbocycles. The number of pyridine rings is 1. The maximum atomic E-state index is 13.0. The van der Waals surface area contributed by atoms with Crippen LogP contribution in [0.3, 0.4) is 0 Å². The van der Waals surface area contributed by atoms with E-state index in [2.05, 4.69) is 49.8 Å². The molecule has 0 radical (unpaired) electrons. The third-order valence-corrected chi connectivity index (χ3v) is 7.39. The van der Waals surface area contributed by atoms with Gasteiger partial charge >= 0.3 is 0 Å². The second-order valence-electron chi connectivity index (χ2n) is 8.84. The molecular weight excluding hydrogens is 464 g/mol. The number of ether oxygens (including phenoxy) is 2. The number of benzene rings is 1. The van der Waals surface area contributed by atoms with E-state index in [0.717, 1.165) is 48.3 Å². The third kappa shape index (κ3) is 5.29. The SMILES string of the molecule is CC[C@H](c1nnnn1C[C@@H]1CCCO1)N(Cc1cccs1)Cc1cc2cc(OC)ccc2[nH]c1=O. The molecule has 0 bridgehead atoms. The number of thiophene rings is 1. The number of H-pyrrole nitrogens is 1. The Bertz CT molecular complexity index is 1310. The Morgan fingerprint density at radius 1 is 1.31 bits per heavy atom. The van der Waals surface area contributed by atoms with E-state index in [9.17, 15) is 4.79 Å². The highest BCUT2D eigenvalue weighted by Crippen LogP contribution is 2.28. The Morgan fingerprint density at radius 2 is 2.23 bits per heavy atom. The van der Waals surface area contributed by atoms with Gasteiger partial charge in [0.2, 0.25) is 0 Å². The molecule has 1 fully saturated rings. The molecule has 2 atom stereocenters. The molecule has 4 heterocycles. The van der Waals surface area contributed by atoms with Crippen LogP contribution < -0.4 is 10.3 Å². The van der Waals surface area contributed by atoms with E-state index in [-0.39, 0.29) is 17.7 Å². The summed E-state index contributed by atoms with van der Waals surface area (Å²) in [5.41, 5.74) is 1.39. The molecule has 1 aromatic carbocycles. The average Bonchev–Trinajstić information content (AvgIpc) is 3.65. The fourth-order valence-electron chi connectivity index (χ4n) is 4.74. The first-order chi connectivity index (χ1) is 17.1. The lowest BCUT2D eigenvalue weighted by atomic mass is 10.1. The number of fused-ring (bicyclic) bond motifs is 1. The van der Waals surface area contributed by atoms with Crippen molar-refractivity contribution in [3.8, 4) is 5.75 Å². The molecule has 1 aliphatic heterocycles. The van der Waals surface area contributed by atoms with Crippen LogP contribution in [0.15, 0.2) is 46.6 Å². The van der Waals surface area contributed by atoms with Crippen LogP contribution in [0.25, 0.3) is 10.9 Å². The monoisotopic (exact) mass is 494 g/mol. The molecule has 9 nitrogen and oxygen atoms in total. The number of rotatable bonds is 10. The molecule has 0 spiro atoms. The van der Waals surface area contributed by atoms with Gasteiger partial charge in [0.15, 0.2) is 5.82 Å². The quantitative estimate of drug-likeness (QED) is 0.357. The van der Waals surface area contributed by atoms with Crippen molar-refractivity contribution in [2.24, 2.45) is 0 Å². The fourth-order valence-corrected chi connectivity index (χ4v) is 5.47. The van der Waals surface area contributed by atoms with E-state index in [1.165, 1.54) is 4.88 Å². The molecule has 0 unspecified atom stereocenters. The molecule has 3 aromatic heterocycles. The number of tetrazole rings is 1. The Morgan fingerprint density at radius 3 is 2.97 bits per heavy atom. The van der Waals surface area contributed by atoms with Gasteiger partial charge in [0.05, 0.1) is 25.8 Å². The second-order valence-corrected chi connectivity index (χ2v) is 9.87. The van der Waals surface area contributed by atoms with E-state index in [1.54, 1.807) is 18.4 Å². The summed E-state index contributed by atoms with van der Waals surface area (Å²) in [6.45, 7) is 4.72. The normalized spacial score (nSPS) is 16.8. The number of aromatic nitrogens is 5. The molecule has 184 valence electrons. The lowest BCUT2D eigenvalue weighted by Crippen LogP contribution is -2.33. The second kappa shape index (κ2) is 10.7. The van der Waals surface area contributed by atoms with Gasteiger partial charge in [0.1, 0.15) is 5.75 Å². The van der Waals surface area contributed by atoms with Gasteiger partial charge in [0, 0.05) is 41.0 Å². The Labute approximate surface area is 207 Å². The molecule has 5 rings (SSSR count). The van der Waals surface area contributed by atoms with Crippen molar-refractivity contribution in [3.63, 3.8) is 0 Å². The summed E-state index contributed by atoms with van der Waals surface area (Å²) in [4.78, 5) is 19.6. The summed E-state index contributed by atoms with van der Waals surface area (Å²) in [7, 11) is 1.64. The minimum atomic E-state index is -0.0901. The Balaban J connectivity index is 1.48. The van der Waals surface area contributed by atoms with Crippen molar-refractivity contribution >= 4 is 22.2 Å². The van der Waals surface area contributed by atoms with E-state index in [0.29, 0.717) is 25.2 Å². The first-order valence-corrected chi connectivity index (χ1v) is 12.9. The molecule has 1 saturated heterocycles. The number of hydrogen-bond donors (Lipinski definition) is 1. The molecule has 1 N–H and O–H groups in total. The minimum Gasteiger partial charge on any atom is -0.497 e. The highest BCUT2D eigenvalue weighted by Gasteiger charge is 2.28. The number of hydrogen-bond acceptors (Lipinski definition) is 8. The van der Waals surface area contributed by atoms with Gasteiger partial charge in [0.25, 0.3) is 5.56 Å². The van der Waals surface area contributed by atoms with Crippen molar-refractivity contribution in [1.29, 1.82) is 0 Å². The predicted octanol–water partition coefficient (Wildman–Crippen LogP) is 3.92. The summed E-state index contributed by atoms with van der Waals surface area (Å²) in [6.07, 6.45) is 3.03. The summed E-state index contributed by atoms with van der Waals surface area (Å²) in [5, 5.41) is 15.7. The average molecular weight is 495 g/mol. The molecule has 4 aromatic rings. The van der Waals surface area contributed by atoms with E-state index in [1.807, 2.05) is 28.9 Å². The fraction of sp³-hybridized carbons (Fsp3) is 0.440. The number of methoxy groups -OCH3 is 1. The van der Waals surface area contributed by atoms with Crippen LogP contribution in [0.5, 0.6) is 5.75 Å². The van der Waals surface area contributed by atoms with Gasteiger partial charge in [-0.2, -0.15) is 0 Å². The van der Waals surface area contributed by atoms with Crippen molar-refractivity contribution in [2.75, 3.05) is 13.7 Å². The summed E-state index contributed by atoms with van der Waals surface area (Å²) in [6, 6.07) is 11.7. The Hall–Kier alpha value is -3.08. The van der Waals surface area contributed by atoms with Crippen LogP contribution >= 0.6 is 11.3 Å². The maximum Gasteiger partial charge on any atom is 0.252 e. The predicted molar refractivity (Wildman–Crippen MR) is 135 cm³/mol. The van der Waals surface area contributed by atoms with E-state index < -0.39 is 0 Å². The van der Waals surface area contributed by atoms with Crippen LogP contribution in [-0.4, -0.2) is 49.9 Å². The third-order valence-electron chi connectivity index (χ3n) is 6.53. The Kier molecular flexibility index (Phi) is 7.21. The molecule has 1 aliphatic rings. The van der Waals surface area contributed by atoms with Crippen molar-refractivity contribution < 1.29 is 9.47 Å². The summed E-state index contributed by atoms with van der Waals surface area (Å²) < 4.78 is 13.1. The highest BCUT2D eigenvalue weighted by atomic mass is 32.1. The standard InChI is InChI=1S/C25H30N6O3S/c1-3-23(24-27-28-29-31(24)15-20-6-4-10-34-20)30(16-21-7-5-11-35-21)14-18-12-17-13-19(33-2)8-9-22(17)26-25(18)32/h5,7-9,11-13,20,23H,3-4,6,10,14-16H2,1-2H3,(H,26,32)/t20-,23+/m0/s1. The number of nitrogens with zero attached hydrogens (tertiary/aromatic N) is 5. The van der Waals surface area contributed by atoms with Gasteiger partial charge in [-0.1, -0.05) is 13.0 Å². The molecule has 0 aliphatic carbocycles. The lowest BCUT2D eigenvalue weighted by molar-refractivity contribution is 0.0889. The zero-order chi connectivity index (χ0) is 24.2. The van der Waals surface area contributed by atoms with Crippen LogP contribution in [0.4, 0.5) is 0 Å². The topological polar surface area (TPSA) is 98.2 Å². The van der Waals surface area contributed by atoms with E-state index >= 15 is 0 Å². The van der Waals surface area contributed by atoms with Gasteiger partial charge in [-0.15, -0.1) is 16.4 Å². The van der Waals surface area contributed by atoms with Crippen molar-refractivity contribution in [3.05, 3.63) is 68.4 Å². The first-order valence-electron chi connectivity index (χ1n) is 12.0. The van der Waals surface area contributed by atoms with Gasteiger partial charge in [-0.3, -0.25) is 9.69 Å². The van der Waals surface area contributed by atoms with Gasteiger partial charge < -0.3 is 14.5 Å². The number of aromatic amines is 1. The van der Waals surface area contributed by atoms with Crippen LogP contribution in [0.2, 0.25) is 0 Å². The van der Waals surface area contributed by atoms with Crippen LogP contribution in [0.1, 0.15) is 48.5 Å². The summed E-state index contributed by atoms with van der Waals surface area (Å²) >= 11 is 1.71.